The van der Waals surface area contributed by atoms with E-state index in [2.05, 4.69) is 97.1 Å². The molecule has 58 heavy (non-hydrogen) atoms. The average Bonchev–Trinajstić information content (AvgIpc) is 3.88. The van der Waals surface area contributed by atoms with E-state index in [1.807, 2.05) is 84.9 Å². The van der Waals surface area contributed by atoms with Crippen LogP contribution in [0.5, 0.6) is 0 Å². The van der Waals surface area contributed by atoms with E-state index in [-0.39, 0.29) is 0 Å². The van der Waals surface area contributed by atoms with Gasteiger partial charge in [-0.2, -0.15) is 0 Å². The molecule has 0 bridgehead atoms. The largest absolute Gasteiger partial charge is 0.455 e. The van der Waals surface area contributed by atoms with Gasteiger partial charge in [-0.15, -0.1) is 0 Å². The van der Waals surface area contributed by atoms with E-state index in [1.54, 1.807) is 0 Å². The van der Waals surface area contributed by atoms with Gasteiger partial charge in [0.1, 0.15) is 22.3 Å². The number of fused-ring (bicyclic) bond motifs is 10. The molecule has 0 spiro atoms. The molecular weight excluding hydrogens is 713 g/mol. The summed E-state index contributed by atoms with van der Waals surface area (Å²) in [6.07, 6.45) is 0. The van der Waals surface area contributed by atoms with Crippen LogP contribution in [-0.4, -0.2) is 19.9 Å². The van der Waals surface area contributed by atoms with Crippen LogP contribution < -0.4 is 0 Å². The number of para-hydroxylation sites is 4. The lowest BCUT2D eigenvalue weighted by Gasteiger charge is -2.14. The van der Waals surface area contributed by atoms with Crippen LogP contribution in [0.15, 0.2) is 191 Å². The number of rotatable bonds is 5. The molecule has 270 valence electrons. The minimum Gasteiger partial charge on any atom is -0.455 e. The Morgan fingerprint density at radius 1 is 0.310 bits per heavy atom. The third-order valence-corrected chi connectivity index (χ3v) is 11.1. The topological polar surface area (TPSA) is 77.8 Å². The average molecular weight is 743 g/mol. The molecule has 0 radical (unpaired) electrons. The molecule has 0 amide bonds. The fourth-order valence-electron chi connectivity index (χ4n) is 8.42. The number of nitrogens with zero attached hydrogens (tertiary/aromatic N) is 4. The standard InChI is InChI=1S/C52H30N4O2/c1-3-14-32(15-4-1)47-41-30-40(49-46(38-20-9-12-25-44(38)58-49)45(41)37-19-7-10-23-42(37)53-47)31-26-28-34(29-27-31)51-54-50(33-16-5-2-6-17-33)55-52(56-51)39-22-13-21-36-35-18-8-11-24-43(35)57-48(36)39/h1-30H. The molecule has 0 atom stereocenters. The van der Waals surface area contributed by atoms with Gasteiger partial charge >= 0.3 is 0 Å². The smallest absolute Gasteiger partial charge is 0.167 e. The predicted octanol–water partition coefficient (Wildman–Crippen LogP) is 13.7. The lowest BCUT2D eigenvalue weighted by molar-refractivity contribution is 0.669. The Kier molecular flexibility index (Phi) is 7.13. The van der Waals surface area contributed by atoms with Crippen molar-refractivity contribution in [3.05, 3.63) is 182 Å². The molecule has 0 aliphatic heterocycles. The molecule has 0 saturated heterocycles. The summed E-state index contributed by atoms with van der Waals surface area (Å²) in [5, 5.41) is 7.52. The minimum atomic E-state index is 0.546. The molecule has 8 aromatic carbocycles. The number of hydrogen-bond acceptors (Lipinski definition) is 6. The van der Waals surface area contributed by atoms with Gasteiger partial charge in [0.2, 0.25) is 0 Å². The highest BCUT2D eigenvalue weighted by molar-refractivity contribution is 6.30. The van der Waals surface area contributed by atoms with Crippen LogP contribution in [0.4, 0.5) is 0 Å². The fraction of sp³-hybridized carbons (Fsp3) is 0. The van der Waals surface area contributed by atoms with Crippen LogP contribution in [0.3, 0.4) is 0 Å². The number of benzene rings is 8. The lowest BCUT2D eigenvalue weighted by Crippen LogP contribution is -2.00. The van der Waals surface area contributed by atoms with E-state index in [0.29, 0.717) is 17.5 Å². The number of pyridine rings is 1. The van der Waals surface area contributed by atoms with Crippen molar-refractivity contribution in [2.45, 2.75) is 0 Å². The number of aromatic nitrogens is 4. The van der Waals surface area contributed by atoms with E-state index < -0.39 is 0 Å². The van der Waals surface area contributed by atoms with Crippen molar-refractivity contribution >= 4 is 65.6 Å². The van der Waals surface area contributed by atoms with E-state index in [1.165, 1.54) is 0 Å². The molecule has 0 aliphatic rings. The Morgan fingerprint density at radius 2 is 0.862 bits per heavy atom. The number of furan rings is 2. The van der Waals surface area contributed by atoms with Crippen molar-refractivity contribution in [3.8, 4) is 56.5 Å². The third-order valence-electron chi connectivity index (χ3n) is 11.1. The van der Waals surface area contributed by atoms with E-state index in [9.17, 15) is 0 Å². The van der Waals surface area contributed by atoms with Gasteiger partial charge in [0.25, 0.3) is 0 Å². The van der Waals surface area contributed by atoms with E-state index in [0.717, 1.165) is 105 Å². The highest BCUT2D eigenvalue weighted by Gasteiger charge is 2.22. The Balaban J connectivity index is 1.07. The normalized spacial score (nSPS) is 11.8. The van der Waals surface area contributed by atoms with Gasteiger partial charge < -0.3 is 8.83 Å². The second kappa shape index (κ2) is 12.8. The first-order chi connectivity index (χ1) is 28.7. The zero-order chi connectivity index (χ0) is 38.2. The fourth-order valence-corrected chi connectivity index (χ4v) is 8.42. The maximum Gasteiger partial charge on any atom is 0.167 e. The van der Waals surface area contributed by atoms with Crippen LogP contribution in [0.1, 0.15) is 0 Å². The first kappa shape index (κ1) is 32.3. The second-order valence-corrected chi connectivity index (χ2v) is 14.5. The van der Waals surface area contributed by atoms with Crippen molar-refractivity contribution in [2.24, 2.45) is 0 Å². The zero-order valence-corrected chi connectivity index (χ0v) is 30.9. The number of hydrogen-bond donors (Lipinski definition) is 0. The summed E-state index contributed by atoms with van der Waals surface area (Å²) in [6, 6.07) is 62.0. The SMILES string of the molecule is c1ccc(-c2nc(-c3ccc(-c4cc5c(-c6ccccc6)nc6ccccc6c5c5c4oc4ccccc45)cc3)nc(-c3cccc4c3oc3ccccc34)n2)cc1. The monoisotopic (exact) mass is 742 g/mol. The first-order valence-corrected chi connectivity index (χ1v) is 19.3. The van der Waals surface area contributed by atoms with Crippen molar-refractivity contribution in [1.29, 1.82) is 0 Å². The Bertz CT molecular complexity index is 3560. The molecular formula is C52H30N4O2. The molecule has 4 heterocycles. The van der Waals surface area contributed by atoms with Crippen LogP contribution in [0.25, 0.3) is 122 Å². The van der Waals surface area contributed by atoms with Gasteiger partial charge in [-0.3, -0.25) is 0 Å². The van der Waals surface area contributed by atoms with E-state index in [4.69, 9.17) is 28.8 Å². The van der Waals surface area contributed by atoms with Crippen molar-refractivity contribution in [2.75, 3.05) is 0 Å². The second-order valence-electron chi connectivity index (χ2n) is 14.5. The summed E-state index contributed by atoms with van der Waals surface area (Å²) in [5.41, 5.74) is 10.8. The molecule has 6 nitrogen and oxygen atoms in total. The summed E-state index contributed by atoms with van der Waals surface area (Å²) < 4.78 is 13.2. The van der Waals surface area contributed by atoms with Gasteiger partial charge in [0.05, 0.1) is 16.8 Å². The highest BCUT2D eigenvalue weighted by atomic mass is 16.3. The minimum absolute atomic E-state index is 0.546. The van der Waals surface area contributed by atoms with Gasteiger partial charge in [-0.05, 0) is 35.9 Å². The van der Waals surface area contributed by atoms with Crippen molar-refractivity contribution in [3.63, 3.8) is 0 Å². The highest BCUT2D eigenvalue weighted by Crippen LogP contribution is 2.46. The van der Waals surface area contributed by atoms with Gasteiger partial charge in [0.15, 0.2) is 17.5 Å². The molecule has 0 fully saturated rings. The summed E-state index contributed by atoms with van der Waals surface area (Å²) in [6.45, 7) is 0. The van der Waals surface area contributed by atoms with Gasteiger partial charge in [0, 0.05) is 60.0 Å². The van der Waals surface area contributed by atoms with Gasteiger partial charge in [-0.1, -0.05) is 152 Å². The van der Waals surface area contributed by atoms with Crippen LogP contribution in [0, 0.1) is 0 Å². The summed E-state index contributed by atoms with van der Waals surface area (Å²) in [7, 11) is 0. The molecule has 12 rings (SSSR count). The molecule has 12 aromatic rings. The maximum atomic E-state index is 6.78. The molecule has 0 saturated carbocycles. The molecule has 0 unspecified atom stereocenters. The molecule has 0 aliphatic carbocycles. The summed E-state index contributed by atoms with van der Waals surface area (Å²) in [5.74, 6) is 1.70. The first-order valence-electron chi connectivity index (χ1n) is 19.3. The maximum absolute atomic E-state index is 6.78. The van der Waals surface area contributed by atoms with Crippen molar-refractivity contribution in [1.82, 2.24) is 19.9 Å². The summed E-state index contributed by atoms with van der Waals surface area (Å²) in [4.78, 5) is 20.4. The van der Waals surface area contributed by atoms with Crippen LogP contribution >= 0.6 is 0 Å². The van der Waals surface area contributed by atoms with Gasteiger partial charge in [-0.25, -0.2) is 19.9 Å². The Hall–Kier alpha value is -7.96. The Morgan fingerprint density at radius 3 is 1.62 bits per heavy atom. The van der Waals surface area contributed by atoms with Crippen molar-refractivity contribution < 1.29 is 8.83 Å². The third kappa shape index (κ3) is 5.05. The quantitative estimate of drug-likeness (QED) is 0.163. The lowest BCUT2D eigenvalue weighted by atomic mass is 9.91. The Labute approximate surface area is 331 Å². The molecule has 4 aromatic heterocycles. The predicted molar refractivity (Wildman–Crippen MR) is 234 cm³/mol. The summed E-state index contributed by atoms with van der Waals surface area (Å²) >= 11 is 0. The van der Waals surface area contributed by atoms with Crippen LogP contribution in [-0.2, 0) is 0 Å². The molecule has 0 N–H and O–H groups in total. The van der Waals surface area contributed by atoms with E-state index >= 15 is 0 Å². The van der Waals surface area contributed by atoms with Crippen LogP contribution in [0.2, 0.25) is 0 Å². The molecule has 6 heteroatoms. The zero-order valence-electron chi connectivity index (χ0n) is 30.9.